The average molecular weight is 355 g/mol. The van der Waals surface area contributed by atoms with Crippen LogP contribution in [-0.2, 0) is 6.54 Å². The molecule has 27 heavy (non-hydrogen) atoms. The first-order chi connectivity index (χ1) is 13.2. The third-order valence-corrected chi connectivity index (χ3v) is 4.96. The number of rotatable bonds is 3. The molecule has 0 bridgehead atoms. The number of imidazole rings is 1. The maximum Gasteiger partial charge on any atom is 0.258 e. The number of benzene rings is 3. The quantitative estimate of drug-likeness (QED) is 0.593. The number of aromatic amines is 1. The molecule has 1 amide bonds. The summed E-state index contributed by atoms with van der Waals surface area (Å²) in [6.45, 7) is 0.597. The molecule has 5 nitrogen and oxygen atoms in total. The van der Waals surface area contributed by atoms with E-state index < -0.39 is 0 Å². The summed E-state index contributed by atoms with van der Waals surface area (Å²) in [5.41, 5.74) is 5.47. The number of hydrogen-bond donors (Lipinski definition) is 1. The Morgan fingerprint density at radius 2 is 1.85 bits per heavy atom. The molecule has 4 aromatic rings. The van der Waals surface area contributed by atoms with Crippen molar-refractivity contribution in [2.75, 3.05) is 12.0 Å². The number of H-pyrrole nitrogens is 1. The van der Waals surface area contributed by atoms with Crippen molar-refractivity contribution >= 4 is 22.6 Å². The minimum Gasteiger partial charge on any atom is -0.497 e. The number of hydrogen-bond acceptors (Lipinski definition) is 3. The third-order valence-electron chi connectivity index (χ3n) is 4.96. The van der Waals surface area contributed by atoms with Gasteiger partial charge in [0.2, 0.25) is 0 Å². The summed E-state index contributed by atoms with van der Waals surface area (Å²) in [5, 5.41) is 0. The number of aromatic nitrogens is 2. The summed E-state index contributed by atoms with van der Waals surface area (Å²) < 4.78 is 5.21. The molecule has 5 rings (SSSR count). The van der Waals surface area contributed by atoms with E-state index in [1.54, 1.807) is 12.0 Å². The molecule has 132 valence electrons. The van der Waals surface area contributed by atoms with Gasteiger partial charge in [-0.3, -0.25) is 4.79 Å². The second kappa shape index (κ2) is 5.99. The van der Waals surface area contributed by atoms with Crippen LogP contribution in [-0.4, -0.2) is 23.0 Å². The summed E-state index contributed by atoms with van der Waals surface area (Å²) in [7, 11) is 1.65. The monoisotopic (exact) mass is 355 g/mol. The Kier molecular flexibility index (Phi) is 3.47. The first-order valence-electron chi connectivity index (χ1n) is 8.77. The van der Waals surface area contributed by atoms with Crippen molar-refractivity contribution in [1.29, 1.82) is 0 Å². The second-order valence-corrected chi connectivity index (χ2v) is 6.56. The Balaban J connectivity index is 1.50. The van der Waals surface area contributed by atoms with Crippen LogP contribution in [0.5, 0.6) is 5.75 Å². The molecule has 0 atom stereocenters. The first kappa shape index (κ1) is 15.6. The molecule has 5 heteroatoms. The van der Waals surface area contributed by atoms with Gasteiger partial charge >= 0.3 is 0 Å². The fourth-order valence-corrected chi connectivity index (χ4v) is 3.51. The Bertz CT molecular complexity index is 1160. The lowest BCUT2D eigenvalue weighted by Gasteiger charge is -2.15. The molecule has 1 aliphatic heterocycles. The van der Waals surface area contributed by atoms with Crippen LogP contribution in [0, 0.1) is 0 Å². The van der Waals surface area contributed by atoms with Gasteiger partial charge in [0.25, 0.3) is 5.91 Å². The Morgan fingerprint density at radius 1 is 1.04 bits per heavy atom. The average Bonchev–Trinajstić information content (AvgIpc) is 3.29. The summed E-state index contributed by atoms with van der Waals surface area (Å²) in [5.74, 6) is 1.64. The zero-order valence-corrected chi connectivity index (χ0v) is 14.8. The number of fused-ring (bicyclic) bond motifs is 2. The van der Waals surface area contributed by atoms with Crippen molar-refractivity contribution in [3.05, 3.63) is 77.9 Å². The number of amides is 1. The van der Waals surface area contributed by atoms with Crippen LogP contribution in [0.15, 0.2) is 66.7 Å². The van der Waals surface area contributed by atoms with E-state index in [1.165, 1.54) is 0 Å². The van der Waals surface area contributed by atoms with Crippen molar-refractivity contribution in [2.45, 2.75) is 6.54 Å². The summed E-state index contributed by atoms with van der Waals surface area (Å²) >= 11 is 0. The zero-order chi connectivity index (χ0) is 18.4. The van der Waals surface area contributed by atoms with E-state index in [-0.39, 0.29) is 5.91 Å². The van der Waals surface area contributed by atoms with Crippen molar-refractivity contribution in [3.8, 4) is 17.1 Å². The van der Waals surface area contributed by atoms with Crippen LogP contribution < -0.4 is 9.64 Å². The van der Waals surface area contributed by atoms with Crippen molar-refractivity contribution in [3.63, 3.8) is 0 Å². The van der Waals surface area contributed by atoms with Gasteiger partial charge < -0.3 is 14.6 Å². The van der Waals surface area contributed by atoms with E-state index in [9.17, 15) is 4.79 Å². The van der Waals surface area contributed by atoms with Gasteiger partial charge in [-0.15, -0.1) is 0 Å². The summed E-state index contributed by atoms with van der Waals surface area (Å²) in [4.78, 5) is 22.5. The Morgan fingerprint density at radius 3 is 2.63 bits per heavy atom. The molecular weight excluding hydrogens is 338 g/mol. The van der Waals surface area contributed by atoms with E-state index in [1.807, 2.05) is 66.7 Å². The standard InChI is InChI=1S/C22H17N3O2/c1-27-17-9-6-14(7-10-17)21-23-19-11-8-16(12-20(19)24-21)25-13-15-4-2-3-5-18(15)22(25)26/h2-12H,13H2,1H3,(H,23,24). The minimum absolute atomic E-state index is 0.0415. The largest absolute Gasteiger partial charge is 0.497 e. The molecule has 1 N–H and O–H groups in total. The topological polar surface area (TPSA) is 58.2 Å². The molecule has 0 aliphatic carbocycles. The molecule has 1 aliphatic rings. The van der Waals surface area contributed by atoms with Gasteiger partial charge in [0.05, 0.1) is 24.7 Å². The molecule has 0 fully saturated rings. The lowest BCUT2D eigenvalue weighted by Crippen LogP contribution is -2.22. The van der Waals surface area contributed by atoms with Gasteiger partial charge in [-0.05, 0) is 54.1 Å². The highest BCUT2D eigenvalue weighted by atomic mass is 16.5. The Hall–Kier alpha value is -3.60. The molecule has 0 saturated carbocycles. The van der Waals surface area contributed by atoms with E-state index in [2.05, 4.69) is 9.97 Å². The number of nitrogens with one attached hydrogen (secondary N) is 1. The molecule has 3 aromatic carbocycles. The molecule has 0 unspecified atom stereocenters. The number of nitrogens with zero attached hydrogens (tertiary/aromatic N) is 2. The van der Waals surface area contributed by atoms with Crippen molar-refractivity contribution in [2.24, 2.45) is 0 Å². The normalized spacial score (nSPS) is 13.2. The number of carbonyl (C=O) groups excluding carboxylic acids is 1. The smallest absolute Gasteiger partial charge is 0.258 e. The predicted molar refractivity (Wildman–Crippen MR) is 105 cm³/mol. The highest BCUT2D eigenvalue weighted by Crippen LogP contribution is 2.31. The highest BCUT2D eigenvalue weighted by Gasteiger charge is 2.28. The lowest BCUT2D eigenvalue weighted by atomic mass is 10.1. The highest BCUT2D eigenvalue weighted by molar-refractivity contribution is 6.10. The third kappa shape index (κ3) is 2.56. The molecule has 0 radical (unpaired) electrons. The predicted octanol–water partition coefficient (Wildman–Crippen LogP) is 4.40. The van der Waals surface area contributed by atoms with Crippen molar-refractivity contribution < 1.29 is 9.53 Å². The van der Waals surface area contributed by atoms with Gasteiger partial charge in [-0.1, -0.05) is 18.2 Å². The number of methoxy groups -OCH3 is 1. The van der Waals surface area contributed by atoms with Crippen LogP contribution in [0.1, 0.15) is 15.9 Å². The van der Waals surface area contributed by atoms with Crippen LogP contribution in [0.25, 0.3) is 22.4 Å². The maximum atomic E-state index is 12.7. The van der Waals surface area contributed by atoms with Crippen LogP contribution in [0.2, 0.25) is 0 Å². The molecule has 0 spiro atoms. The number of carbonyl (C=O) groups is 1. The maximum absolute atomic E-state index is 12.7. The van der Waals surface area contributed by atoms with Gasteiger partial charge in [0.1, 0.15) is 11.6 Å². The molecule has 0 saturated heterocycles. The molecule has 1 aromatic heterocycles. The van der Waals surface area contributed by atoms with E-state index in [0.29, 0.717) is 6.54 Å². The first-order valence-corrected chi connectivity index (χ1v) is 8.77. The van der Waals surface area contributed by atoms with Gasteiger partial charge in [-0.25, -0.2) is 4.98 Å². The van der Waals surface area contributed by atoms with E-state index >= 15 is 0 Å². The fraction of sp³-hybridized carbons (Fsp3) is 0.0909. The summed E-state index contributed by atoms with van der Waals surface area (Å²) in [6, 6.07) is 21.4. The molecular formula is C22H17N3O2. The van der Waals surface area contributed by atoms with Crippen LogP contribution in [0.4, 0.5) is 5.69 Å². The van der Waals surface area contributed by atoms with Crippen LogP contribution >= 0.6 is 0 Å². The zero-order valence-electron chi connectivity index (χ0n) is 14.8. The van der Waals surface area contributed by atoms with Gasteiger partial charge in [-0.2, -0.15) is 0 Å². The van der Waals surface area contributed by atoms with Crippen LogP contribution in [0.3, 0.4) is 0 Å². The van der Waals surface area contributed by atoms with Gasteiger partial charge in [0.15, 0.2) is 0 Å². The van der Waals surface area contributed by atoms with E-state index in [4.69, 9.17) is 4.74 Å². The van der Waals surface area contributed by atoms with Gasteiger partial charge in [0, 0.05) is 16.8 Å². The number of anilines is 1. The van der Waals surface area contributed by atoms with E-state index in [0.717, 1.165) is 45.0 Å². The number of ether oxygens (including phenoxy) is 1. The minimum atomic E-state index is 0.0415. The molecule has 2 heterocycles. The second-order valence-electron chi connectivity index (χ2n) is 6.56. The lowest BCUT2D eigenvalue weighted by molar-refractivity contribution is 0.0996. The van der Waals surface area contributed by atoms with Crippen molar-refractivity contribution in [1.82, 2.24) is 9.97 Å². The SMILES string of the molecule is COc1ccc(-c2nc3ccc(N4Cc5ccccc5C4=O)cc3[nH]2)cc1. The summed E-state index contributed by atoms with van der Waals surface area (Å²) in [6.07, 6.45) is 0. The fourth-order valence-electron chi connectivity index (χ4n) is 3.51. The Labute approximate surface area is 156 Å².